The first kappa shape index (κ1) is 27.1. The Bertz CT molecular complexity index is 1170. The van der Waals surface area contributed by atoms with Gasteiger partial charge in [-0.05, 0) is 61.8 Å². The van der Waals surface area contributed by atoms with Gasteiger partial charge in [-0.15, -0.1) is 0 Å². The lowest BCUT2D eigenvalue weighted by molar-refractivity contribution is -0.135. The number of carbonyl (C=O) groups is 2. The van der Waals surface area contributed by atoms with Gasteiger partial charge in [-0.2, -0.15) is 4.31 Å². The third-order valence-electron chi connectivity index (χ3n) is 7.25. The van der Waals surface area contributed by atoms with Crippen LogP contribution in [0.2, 0.25) is 0 Å². The number of sulfonamides is 1. The van der Waals surface area contributed by atoms with Crippen molar-refractivity contribution in [2.24, 2.45) is 5.92 Å². The van der Waals surface area contributed by atoms with Crippen molar-refractivity contribution >= 4 is 21.9 Å². The van der Waals surface area contributed by atoms with Crippen molar-refractivity contribution in [2.45, 2.75) is 49.8 Å². The van der Waals surface area contributed by atoms with E-state index >= 15 is 0 Å². The molecule has 0 aromatic heterocycles. The number of likely N-dealkylation sites (tertiary alicyclic amines) is 1. The van der Waals surface area contributed by atoms with E-state index in [1.165, 1.54) is 35.2 Å². The zero-order chi connectivity index (χ0) is 26.3. The highest BCUT2D eigenvalue weighted by molar-refractivity contribution is 7.89. The molecule has 0 atom stereocenters. The fourth-order valence-electron chi connectivity index (χ4n) is 5.07. The van der Waals surface area contributed by atoms with Gasteiger partial charge in [0.25, 0.3) is 5.91 Å². The fraction of sp³-hybridized carbons (Fsp3) is 0.500. The highest BCUT2D eigenvalue weighted by Crippen LogP contribution is 2.27. The first-order valence-electron chi connectivity index (χ1n) is 13.1. The molecule has 200 valence electrons. The number of hydrogen-bond donors (Lipinski definition) is 0. The molecular formula is C28H36N2O6S. The SMILES string of the molecule is COc1ccc(S(=O)(=O)N2CCCCCC2)cc1C(=O)OCC(=O)N1CCC(Cc2ccccc2)CC1. The number of methoxy groups -OCH3 is 1. The average Bonchev–Trinajstić information content (AvgIpc) is 3.22. The molecule has 0 unspecified atom stereocenters. The summed E-state index contributed by atoms with van der Waals surface area (Å²) in [7, 11) is -2.35. The van der Waals surface area contributed by atoms with Crippen LogP contribution in [0, 0.1) is 5.92 Å². The van der Waals surface area contributed by atoms with Crippen LogP contribution in [0.3, 0.4) is 0 Å². The predicted octanol–water partition coefficient (Wildman–Crippen LogP) is 3.90. The molecule has 8 nitrogen and oxygen atoms in total. The number of esters is 1. The molecular weight excluding hydrogens is 492 g/mol. The Morgan fingerprint density at radius 1 is 0.919 bits per heavy atom. The summed E-state index contributed by atoms with van der Waals surface area (Å²) >= 11 is 0. The largest absolute Gasteiger partial charge is 0.496 e. The van der Waals surface area contributed by atoms with Crippen LogP contribution in [0.4, 0.5) is 0 Å². The summed E-state index contributed by atoms with van der Waals surface area (Å²) in [5.74, 6) is -0.308. The molecule has 2 aromatic rings. The molecule has 37 heavy (non-hydrogen) atoms. The Balaban J connectivity index is 1.35. The molecule has 2 aromatic carbocycles. The Hall–Kier alpha value is -2.91. The smallest absolute Gasteiger partial charge is 0.342 e. The van der Waals surface area contributed by atoms with Crippen LogP contribution in [0.1, 0.15) is 54.4 Å². The van der Waals surface area contributed by atoms with Gasteiger partial charge in [-0.1, -0.05) is 43.2 Å². The highest BCUT2D eigenvalue weighted by Gasteiger charge is 2.28. The van der Waals surface area contributed by atoms with E-state index in [4.69, 9.17) is 9.47 Å². The molecule has 2 fully saturated rings. The van der Waals surface area contributed by atoms with Gasteiger partial charge in [0.2, 0.25) is 10.0 Å². The van der Waals surface area contributed by atoms with Crippen LogP contribution >= 0.6 is 0 Å². The molecule has 9 heteroatoms. The van der Waals surface area contributed by atoms with Crippen LogP contribution in [0.25, 0.3) is 0 Å². The molecule has 0 N–H and O–H groups in total. The van der Waals surface area contributed by atoms with E-state index < -0.39 is 22.6 Å². The number of benzene rings is 2. The fourth-order valence-corrected chi connectivity index (χ4v) is 6.61. The van der Waals surface area contributed by atoms with Gasteiger partial charge < -0.3 is 14.4 Å². The summed E-state index contributed by atoms with van der Waals surface area (Å²) in [6.45, 7) is 1.78. The minimum absolute atomic E-state index is 0.00670. The van der Waals surface area contributed by atoms with E-state index in [-0.39, 0.29) is 22.1 Å². The Morgan fingerprint density at radius 3 is 2.24 bits per heavy atom. The van der Waals surface area contributed by atoms with E-state index in [0.717, 1.165) is 44.9 Å². The monoisotopic (exact) mass is 528 g/mol. The summed E-state index contributed by atoms with van der Waals surface area (Å²) in [4.78, 5) is 27.4. The summed E-state index contributed by atoms with van der Waals surface area (Å²) in [5.41, 5.74) is 1.29. The van der Waals surface area contributed by atoms with Crippen molar-refractivity contribution in [1.82, 2.24) is 9.21 Å². The molecule has 2 aliphatic heterocycles. The first-order chi connectivity index (χ1) is 17.9. The van der Waals surface area contributed by atoms with Crippen LogP contribution in [-0.4, -0.2) is 69.4 Å². The second-order valence-corrected chi connectivity index (χ2v) is 11.7. The predicted molar refractivity (Wildman–Crippen MR) is 140 cm³/mol. The molecule has 4 rings (SSSR count). The second kappa shape index (κ2) is 12.6. The Morgan fingerprint density at radius 2 is 1.59 bits per heavy atom. The molecule has 0 aliphatic carbocycles. The maximum absolute atomic E-state index is 13.2. The molecule has 0 spiro atoms. The molecule has 0 bridgehead atoms. The van der Waals surface area contributed by atoms with E-state index in [0.29, 0.717) is 32.1 Å². The lowest BCUT2D eigenvalue weighted by Gasteiger charge is -2.32. The Labute approximate surface area is 219 Å². The first-order valence-corrected chi connectivity index (χ1v) is 14.5. The maximum Gasteiger partial charge on any atom is 0.342 e. The van der Waals surface area contributed by atoms with Crippen molar-refractivity contribution in [3.8, 4) is 5.75 Å². The summed E-state index contributed by atoms with van der Waals surface area (Å²) < 4.78 is 38.5. The molecule has 1 amide bonds. The van der Waals surface area contributed by atoms with Crippen molar-refractivity contribution in [2.75, 3.05) is 39.9 Å². The highest BCUT2D eigenvalue weighted by atomic mass is 32.2. The molecule has 0 radical (unpaired) electrons. The van der Waals surface area contributed by atoms with Gasteiger partial charge in [-0.25, -0.2) is 13.2 Å². The van der Waals surface area contributed by atoms with Crippen LogP contribution in [0.5, 0.6) is 5.75 Å². The maximum atomic E-state index is 13.2. The zero-order valence-corrected chi connectivity index (χ0v) is 22.3. The lowest BCUT2D eigenvalue weighted by Crippen LogP contribution is -2.41. The van der Waals surface area contributed by atoms with Crippen molar-refractivity contribution in [1.29, 1.82) is 0 Å². The number of rotatable bonds is 8. The lowest BCUT2D eigenvalue weighted by atomic mass is 9.90. The van der Waals surface area contributed by atoms with E-state index in [1.807, 2.05) is 18.2 Å². The van der Waals surface area contributed by atoms with Crippen LogP contribution in [0.15, 0.2) is 53.4 Å². The number of nitrogens with zero attached hydrogens (tertiary/aromatic N) is 2. The minimum Gasteiger partial charge on any atom is -0.496 e. The quantitative estimate of drug-likeness (QED) is 0.483. The van der Waals surface area contributed by atoms with E-state index in [9.17, 15) is 18.0 Å². The normalized spacial score (nSPS) is 17.7. The summed E-state index contributed by atoms with van der Waals surface area (Å²) in [5, 5.41) is 0. The number of ether oxygens (including phenoxy) is 2. The molecule has 2 saturated heterocycles. The Kier molecular flexibility index (Phi) is 9.21. The average molecular weight is 529 g/mol. The number of carbonyl (C=O) groups excluding carboxylic acids is 2. The number of amides is 1. The van der Waals surface area contributed by atoms with Crippen molar-refractivity contribution in [3.05, 3.63) is 59.7 Å². The van der Waals surface area contributed by atoms with Gasteiger partial charge in [-0.3, -0.25) is 4.79 Å². The van der Waals surface area contributed by atoms with Crippen LogP contribution < -0.4 is 4.74 Å². The van der Waals surface area contributed by atoms with Gasteiger partial charge in [0.15, 0.2) is 6.61 Å². The van der Waals surface area contributed by atoms with Gasteiger partial charge >= 0.3 is 5.97 Å². The molecule has 2 aliphatic rings. The summed E-state index contributed by atoms with van der Waals surface area (Å²) in [6, 6.07) is 14.5. The van der Waals surface area contributed by atoms with E-state index in [1.54, 1.807) is 4.90 Å². The second-order valence-electron chi connectivity index (χ2n) is 9.77. The molecule has 2 heterocycles. The van der Waals surface area contributed by atoms with Crippen molar-refractivity contribution < 1.29 is 27.5 Å². The number of hydrogen-bond acceptors (Lipinski definition) is 6. The van der Waals surface area contributed by atoms with Gasteiger partial charge in [0, 0.05) is 26.2 Å². The standard InChI is InChI=1S/C28H36N2O6S/c1-35-26-12-11-24(37(33,34)30-15-7-2-3-8-16-30)20-25(26)28(32)36-21-27(31)29-17-13-23(14-18-29)19-22-9-5-4-6-10-22/h4-6,9-12,20,23H,2-3,7-8,13-19,21H2,1H3. The van der Waals surface area contributed by atoms with Gasteiger partial charge in [0.1, 0.15) is 11.3 Å². The third-order valence-corrected chi connectivity index (χ3v) is 9.15. The van der Waals surface area contributed by atoms with Gasteiger partial charge in [0.05, 0.1) is 12.0 Å². The minimum atomic E-state index is -3.75. The third kappa shape index (κ3) is 6.90. The number of piperidine rings is 1. The molecule has 0 saturated carbocycles. The van der Waals surface area contributed by atoms with E-state index in [2.05, 4.69) is 12.1 Å². The topological polar surface area (TPSA) is 93.2 Å². The van der Waals surface area contributed by atoms with Crippen molar-refractivity contribution in [3.63, 3.8) is 0 Å². The van der Waals surface area contributed by atoms with Crippen LogP contribution in [-0.2, 0) is 26.0 Å². The zero-order valence-electron chi connectivity index (χ0n) is 21.4. The summed E-state index contributed by atoms with van der Waals surface area (Å²) in [6.07, 6.45) is 6.44.